The highest BCUT2D eigenvalue weighted by Crippen LogP contribution is 2.21. The molecule has 0 bridgehead atoms. The van der Waals surface area contributed by atoms with Gasteiger partial charge in [-0.25, -0.2) is 0 Å². The quantitative estimate of drug-likeness (QED) is 0.728. The lowest BCUT2D eigenvalue weighted by atomic mass is 10.1. The van der Waals surface area contributed by atoms with Crippen molar-refractivity contribution in [3.8, 4) is 0 Å². The highest BCUT2D eigenvalue weighted by molar-refractivity contribution is 5.85. The third-order valence-electron chi connectivity index (χ3n) is 2.86. The molecular formula is C14H17N. The van der Waals surface area contributed by atoms with Crippen molar-refractivity contribution in [1.29, 1.82) is 0 Å². The Balaban J connectivity index is 2.46. The zero-order valence-electron chi connectivity index (χ0n) is 9.40. The summed E-state index contributed by atoms with van der Waals surface area (Å²) in [7, 11) is 0. The standard InChI is InChI=1S/C14H17N/c1-3-15(4-2)14-10-9-12-7-5-6-8-13(12)11-14/h5-11H,3-4H2,1-2H3. The van der Waals surface area contributed by atoms with E-state index in [1.807, 2.05) is 0 Å². The lowest BCUT2D eigenvalue weighted by molar-refractivity contribution is 0.867. The molecule has 0 amide bonds. The third kappa shape index (κ3) is 1.96. The van der Waals surface area contributed by atoms with Gasteiger partial charge in [-0.05, 0) is 36.8 Å². The minimum absolute atomic E-state index is 1.06. The van der Waals surface area contributed by atoms with Crippen LogP contribution in [0.2, 0.25) is 0 Å². The van der Waals surface area contributed by atoms with Gasteiger partial charge in [-0.3, -0.25) is 0 Å². The third-order valence-corrected chi connectivity index (χ3v) is 2.86. The first-order valence-electron chi connectivity index (χ1n) is 5.59. The summed E-state index contributed by atoms with van der Waals surface area (Å²) in [4.78, 5) is 2.37. The van der Waals surface area contributed by atoms with Crippen LogP contribution in [0.4, 0.5) is 5.69 Å². The molecule has 0 radical (unpaired) electrons. The van der Waals surface area contributed by atoms with E-state index in [0.29, 0.717) is 0 Å². The van der Waals surface area contributed by atoms with Crippen LogP contribution in [0.3, 0.4) is 0 Å². The first kappa shape index (κ1) is 10.0. The van der Waals surface area contributed by atoms with Crippen molar-refractivity contribution in [3.63, 3.8) is 0 Å². The first-order chi connectivity index (χ1) is 7.35. The molecule has 0 aliphatic rings. The fraction of sp³-hybridized carbons (Fsp3) is 0.286. The van der Waals surface area contributed by atoms with E-state index in [0.717, 1.165) is 13.1 Å². The van der Waals surface area contributed by atoms with E-state index in [1.165, 1.54) is 16.5 Å². The molecule has 0 aromatic heterocycles. The highest BCUT2D eigenvalue weighted by atomic mass is 15.1. The molecule has 0 aliphatic heterocycles. The van der Waals surface area contributed by atoms with Crippen LogP contribution in [-0.4, -0.2) is 13.1 Å². The molecule has 1 heteroatoms. The Morgan fingerprint density at radius 1 is 0.867 bits per heavy atom. The lowest BCUT2D eigenvalue weighted by Gasteiger charge is -2.21. The number of anilines is 1. The van der Waals surface area contributed by atoms with Gasteiger partial charge in [0.1, 0.15) is 0 Å². The number of hydrogen-bond donors (Lipinski definition) is 0. The number of nitrogens with zero attached hydrogens (tertiary/aromatic N) is 1. The molecule has 2 rings (SSSR count). The maximum absolute atomic E-state index is 2.37. The number of fused-ring (bicyclic) bond motifs is 1. The predicted octanol–water partition coefficient (Wildman–Crippen LogP) is 3.69. The maximum Gasteiger partial charge on any atom is 0.0372 e. The Labute approximate surface area is 91.3 Å². The van der Waals surface area contributed by atoms with E-state index in [1.54, 1.807) is 0 Å². The molecule has 0 aliphatic carbocycles. The molecule has 78 valence electrons. The van der Waals surface area contributed by atoms with Gasteiger partial charge in [-0.15, -0.1) is 0 Å². The summed E-state index contributed by atoms with van der Waals surface area (Å²) < 4.78 is 0. The summed E-state index contributed by atoms with van der Waals surface area (Å²) in [5, 5.41) is 2.63. The normalized spacial score (nSPS) is 10.5. The summed E-state index contributed by atoms with van der Waals surface area (Å²) in [6.07, 6.45) is 0. The second-order valence-electron chi connectivity index (χ2n) is 3.70. The van der Waals surface area contributed by atoms with Crippen LogP contribution >= 0.6 is 0 Å². The predicted molar refractivity (Wildman–Crippen MR) is 67.5 cm³/mol. The van der Waals surface area contributed by atoms with Gasteiger partial charge in [0.25, 0.3) is 0 Å². The molecule has 0 unspecified atom stereocenters. The molecule has 0 saturated carbocycles. The van der Waals surface area contributed by atoms with E-state index in [9.17, 15) is 0 Å². The smallest absolute Gasteiger partial charge is 0.0372 e. The van der Waals surface area contributed by atoms with Crippen LogP contribution in [0.1, 0.15) is 13.8 Å². The zero-order valence-corrected chi connectivity index (χ0v) is 9.40. The average Bonchev–Trinajstić information content (AvgIpc) is 2.30. The topological polar surface area (TPSA) is 3.24 Å². The summed E-state index contributed by atoms with van der Waals surface area (Å²) in [6, 6.07) is 15.2. The molecule has 2 aromatic rings. The van der Waals surface area contributed by atoms with Gasteiger partial charge in [-0.1, -0.05) is 30.3 Å². The monoisotopic (exact) mass is 199 g/mol. The summed E-state index contributed by atoms with van der Waals surface area (Å²) >= 11 is 0. The van der Waals surface area contributed by atoms with Gasteiger partial charge in [0.2, 0.25) is 0 Å². The Kier molecular flexibility index (Phi) is 2.91. The Morgan fingerprint density at radius 2 is 1.53 bits per heavy atom. The van der Waals surface area contributed by atoms with Crippen LogP contribution in [0.5, 0.6) is 0 Å². The Hall–Kier alpha value is -1.50. The minimum Gasteiger partial charge on any atom is -0.372 e. The average molecular weight is 199 g/mol. The van der Waals surface area contributed by atoms with E-state index in [4.69, 9.17) is 0 Å². The second-order valence-corrected chi connectivity index (χ2v) is 3.70. The molecular weight excluding hydrogens is 182 g/mol. The van der Waals surface area contributed by atoms with Crippen LogP contribution in [-0.2, 0) is 0 Å². The summed E-state index contributed by atoms with van der Waals surface area (Å²) in [5.41, 5.74) is 1.32. The van der Waals surface area contributed by atoms with Crippen molar-refractivity contribution in [1.82, 2.24) is 0 Å². The number of rotatable bonds is 3. The van der Waals surface area contributed by atoms with E-state index in [2.05, 4.69) is 61.2 Å². The molecule has 0 atom stereocenters. The van der Waals surface area contributed by atoms with Gasteiger partial charge in [0.15, 0.2) is 0 Å². The van der Waals surface area contributed by atoms with E-state index in [-0.39, 0.29) is 0 Å². The van der Waals surface area contributed by atoms with Crippen molar-refractivity contribution in [2.45, 2.75) is 13.8 Å². The van der Waals surface area contributed by atoms with Crippen molar-refractivity contribution in [3.05, 3.63) is 42.5 Å². The molecule has 1 nitrogen and oxygen atoms in total. The maximum atomic E-state index is 2.37. The van der Waals surface area contributed by atoms with Gasteiger partial charge in [-0.2, -0.15) is 0 Å². The van der Waals surface area contributed by atoms with Crippen molar-refractivity contribution in [2.75, 3.05) is 18.0 Å². The van der Waals surface area contributed by atoms with Crippen molar-refractivity contribution >= 4 is 16.5 Å². The molecule has 0 N–H and O–H groups in total. The Bertz CT molecular complexity index is 444. The molecule has 0 fully saturated rings. The van der Waals surface area contributed by atoms with Gasteiger partial charge in [0, 0.05) is 18.8 Å². The van der Waals surface area contributed by atoms with Gasteiger partial charge < -0.3 is 4.90 Å². The summed E-state index contributed by atoms with van der Waals surface area (Å²) in [5.74, 6) is 0. The summed E-state index contributed by atoms with van der Waals surface area (Å²) in [6.45, 7) is 6.51. The lowest BCUT2D eigenvalue weighted by Crippen LogP contribution is -2.21. The van der Waals surface area contributed by atoms with Crippen LogP contribution in [0, 0.1) is 0 Å². The minimum atomic E-state index is 1.06. The van der Waals surface area contributed by atoms with Crippen molar-refractivity contribution in [2.24, 2.45) is 0 Å². The van der Waals surface area contributed by atoms with Gasteiger partial charge >= 0.3 is 0 Å². The zero-order chi connectivity index (χ0) is 10.7. The van der Waals surface area contributed by atoms with Crippen LogP contribution in [0.15, 0.2) is 42.5 Å². The number of benzene rings is 2. The molecule has 2 aromatic carbocycles. The van der Waals surface area contributed by atoms with Crippen LogP contribution in [0.25, 0.3) is 10.8 Å². The highest BCUT2D eigenvalue weighted by Gasteiger charge is 2.01. The van der Waals surface area contributed by atoms with Crippen LogP contribution < -0.4 is 4.90 Å². The fourth-order valence-electron chi connectivity index (χ4n) is 1.96. The largest absolute Gasteiger partial charge is 0.372 e. The van der Waals surface area contributed by atoms with Gasteiger partial charge in [0.05, 0.1) is 0 Å². The Morgan fingerprint density at radius 3 is 2.20 bits per heavy atom. The first-order valence-corrected chi connectivity index (χ1v) is 5.59. The fourth-order valence-corrected chi connectivity index (χ4v) is 1.96. The second kappa shape index (κ2) is 4.35. The molecule has 15 heavy (non-hydrogen) atoms. The van der Waals surface area contributed by atoms with E-state index >= 15 is 0 Å². The van der Waals surface area contributed by atoms with E-state index < -0.39 is 0 Å². The van der Waals surface area contributed by atoms with Crippen molar-refractivity contribution < 1.29 is 0 Å². The molecule has 0 spiro atoms. The molecule has 0 heterocycles. The SMILES string of the molecule is CCN(CC)c1ccc2ccccc2c1. The number of hydrogen-bond acceptors (Lipinski definition) is 1. The molecule has 0 saturated heterocycles.